The molecule has 1 aliphatic carbocycles. The highest BCUT2D eigenvalue weighted by Gasteiger charge is 2.35. The summed E-state index contributed by atoms with van der Waals surface area (Å²) in [6, 6.07) is 2.90. The van der Waals surface area contributed by atoms with Crippen molar-refractivity contribution in [3.8, 4) is 34.7 Å². The molecule has 40 heavy (non-hydrogen) atoms. The first kappa shape index (κ1) is 25.6. The van der Waals surface area contributed by atoms with Crippen LogP contribution >= 0.6 is 0 Å². The first-order chi connectivity index (χ1) is 19.3. The van der Waals surface area contributed by atoms with E-state index in [2.05, 4.69) is 34.9 Å². The van der Waals surface area contributed by atoms with E-state index in [9.17, 15) is 13.2 Å². The number of aromatic nitrogens is 8. The Bertz CT molecular complexity index is 1710. The number of aromatic amines is 1. The number of ether oxygens (including phenoxy) is 2. The Kier molecular flexibility index (Phi) is 6.31. The van der Waals surface area contributed by atoms with Crippen molar-refractivity contribution in [1.82, 2.24) is 39.5 Å². The average molecular weight is 555 g/mol. The van der Waals surface area contributed by atoms with Gasteiger partial charge in [0.05, 0.1) is 18.2 Å². The van der Waals surface area contributed by atoms with Gasteiger partial charge in [0.25, 0.3) is 0 Å². The standard InChI is InChI=1S/C26H22F4N8O2/c1-3-38-10-17(26(28,29)30)35-23(38)20-16(27)8-13(9-32-20)11-40-24-15-6-7-31-21(15)36-22(37-24)18-19(14-4-5-14)33-12-34-25(18)39-2/h6-10,12,14H,3-5,11H2,1-2H3,(H,31,36,37). The maximum atomic E-state index is 15.1. The molecular formula is C26H22F4N8O2. The highest BCUT2D eigenvalue weighted by atomic mass is 19.4. The van der Waals surface area contributed by atoms with Crippen LogP contribution in [0.2, 0.25) is 0 Å². The number of rotatable bonds is 8. The second kappa shape index (κ2) is 9.84. The summed E-state index contributed by atoms with van der Waals surface area (Å²) < 4.78 is 67.2. The molecule has 206 valence electrons. The first-order valence-corrected chi connectivity index (χ1v) is 12.4. The number of pyridine rings is 1. The lowest BCUT2D eigenvalue weighted by molar-refractivity contribution is -0.140. The zero-order valence-corrected chi connectivity index (χ0v) is 21.3. The van der Waals surface area contributed by atoms with Gasteiger partial charge < -0.3 is 19.0 Å². The van der Waals surface area contributed by atoms with Gasteiger partial charge in [-0.2, -0.15) is 18.2 Å². The lowest BCUT2D eigenvalue weighted by atomic mass is 10.1. The summed E-state index contributed by atoms with van der Waals surface area (Å²) in [5, 5.41) is 0.599. The molecule has 0 spiro atoms. The fraction of sp³-hybridized carbons (Fsp3) is 0.308. The minimum Gasteiger partial charge on any atom is -0.480 e. The molecule has 5 heterocycles. The molecule has 0 saturated heterocycles. The van der Waals surface area contributed by atoms with Gasteiger partial charge in [-0.3, -0.25) is 0 Å². The Hall–Kier alpha value is -4.62. The molecule has 1 fully saturated rings. The summed E-state index contributed by atoms with van der Waals surface area (Å²) in [7, 11) is 1.51. The largest absolute Gasteiger partial charge is 0.480 e. The van der Waals surface area contributed by atoms with E-state index < -0.39 is 17.7 Å². The SMILES string of the molecule is CCn1cc(C(F)(F)F)nc1-c1ncc(COc2nc(-c3c(OC)ncnc3C3CC3)nc3[nH]ccc23)cc1F. The van der Waals surface area contributed by atoms with Crippen molar-refractivity contribution in [2.24, 2.45) is 0 Å². The van der Waals surface area contributed by atoms with Gasteiger partial charge in [0, 0.05) is 36.6 Å². The quantitative estimate of drug-likeness (QED) is 0.256. The third-order valence-corrected chi connectivity index (χ3v) is 6.50. The fourth-order valence-electron chi connectivity index (χ4n) is 4.40. The van der Waals surface area contributed by atoms with Crippen LogP contribution in [0.5, 0.6) is 11.8 Å². The van der Waals surface area contributed by atoms with Crippen molar-refractivity contribution in [2.75, 3.05) is 7.11 Å². The van der Waals surface area contributed by atoms with Gasteiger partial charge in [-0.1, -0.05) is 0 Å². The van der Waals surface area contributed by atoms with E-state index in [4.69, 9.17) is 9.47 Å². The molecule has 6 rings (SSSR count). The number of H-pyrrole nitrogens is 1. The second-order valence-electron chi connectivity index (χ2n) is 9.21. The number of aryl methyl sites for hydroxylation is 1. The normalized spacial score (nSPS) is 13.7. The average Bonchev–Trinajstić information content (AvgIpc) is 3.50. The number of hydrogen-bond donors (Lipinski definition) is 1. The number of nitrogens with one attached hydrogen (secondary N) is 1. The summed E-state index contributed by atoms with van der Waals surface area (Å²) in [5.74, 6) is 0.118. The predicted molar refractivity (Wildman–Crippen MR) is 134 cm³/mol. The van der Waals surface area contributed by atoms with Crippen LogP contribution in [-0.2, 0) is 19.3 Å². The van der Waals surface area contributed by atoms with Gasteiger partial charge in [-0.05, 0) is 31.9 Å². The zero-order chi connectivity index (χ0) is 28.0. The van der Waals surface area contributed by atoms with Crippen molar-refractivity contribution in [3.05, 3.63) is 59.8 Å². The maximum absolute atomic E-state index is 15.1. The molecule has 5 aromatic heterocycles. The first-order valence-electron chi connectivity index (χ1n) is 12.4. The van der Waals surface area contributed by atoms with E-state index in [1.807, 2.05) is 0 Å². The summed E-state index contributed by atoms with van der Waals surface area (Å²) in [4.78, 5) is 28.6. The molecule has 14 heteroatoms. The molecule has 0 unspecified atom stereocenters. The van der Waals surface area contributed by atoms with Crippen molar-refractivity contribution in [2.45, 2.75) is 45.0 Å². The van der Waals surface area contributed by atoms with Crippen molar-refractivity contribution in [3.63, 3.8) is 0 Å². The number of halogens is 4. The maximum Gasteiger partial charge on any atom is 0.434 e. The molecule has 0 aliphatic heterocycles. The molecule has 0 amide bonds. The topological polar surface area (TPSA) is 117 Å². The van der Waals surface area contributed by atoms with Gasteiger partial charge in [0.2, 0.25) is 11.8 Å². The molecule has 1 saturated carbocycles. The van der Waals surface area contributed by atoms with Crippen molar-refractivity contribution >= 4 is 11.0 Å². The molecule has 0 aromatic carbocycles. The van der Waals surface area contributed by atoms with E-state index in [1.165, 1.54) is 24.2 Å². The molecule has 5 aromatic rings. The third-order valence-electron chi connectivity index (χ3n) is 6.50. The van der Waals surface area contributed by atoms with Crippen LogP contribution < -0.4 is 9.47 Å². The predicted octanol–water partition coefficient (Wildman–Crippen LogP) is 5.32. The van der Waals surface area contributed by atoms with Gasteiger partial charge >= 0.3 is 6.18 Å². The monoisotopic (exact) mass is 554 g/mol. The minimum atomic E-state index is -4.66. The van der Waals surface area contributed by atoms with Crippen LogP contribution in [0, 0.1) is 5.82 Å². The molecule has 1 aliphatic rings. The van der Waals surface area contributed by atoms with E-state index in [0.29, 0.717) is 33.9 Å². The van der Waals surface area contributed by atoms with Gasteiger partial charge in [0.15, 0.2) is 23.2 Å². The third kappa shape index (κ3) is 4.69. The molecular weight excluding hydrogens is 532 g/mol. The summed E-state index contributed by atoms with van der Waals surface area (Å²) in [6.45, 7) is 1.68. The van der Waals surface area contributed by atoms with E-state index >= 15 is 4.39 Å². The van der Waals surface area contributed by atoms with Crippen LogP contribution in [0.25, 0.3) is 33.9 Å². The van der Waals surface area contributed by atoms with Crippen molar-refractivity contribution < 1.29 is 27.0 Å². The Morgan fingerprint density at radius 1 is 1.10 bits per heavy atom. The van der Waals surface area contributed by atoms with Crippen LogP contribution in [0.1, 0.15) is 42.6 Å². The number of alkyl halides is 3. The van der Waals surface area contributed by atoms with Gasteiger partial charge in [-0.25, -0.2) is 29.3 Å². The molecule has 0 bridgehead atoms. The van der Waals surface area contributed by atoms with Crippen LogP contribution in [0.15, 0.2) is 37.1 Å². The van der Waals surface area contributed by atoms with E-state index in [1.54, 1.807) is 19.2 Å². The zero-order valence-electron chi connectivity index (χ0n) is 21.3. The summed E-state index contributed by atoms with van der Waals surface area (Å²) >= 11 is 0. The molecule has 0 radical (unpaired) electrons. The lowest BCUT2D eigenvalue weighted by Crippen LogP contribution is -2.06. The molecule has 10 nitrogen and oxygen atoms in total. The van der Waals surface area contributed by atoms with Crippen molar-refractivity contribution in [1.29, 1.82) is 0 Å². The lowest BCUT2D eigenvalue weighted by Gasteiger charge is -2.13. The second-order valence-corrected chi connectivity index (χ2v) is 9.21. The number of nitrogens with zero attached hydrogens (tertiary/aromatic N) is 7. The van der Waals surface area contributed by atoms with E-state index in [-0.39, 0.29) is 36.5 Å². The minimum absolute atomic E-state index is 0.116. The van der Waals surface area contributed by atoms with Crippen LogP contribution in [-0.4, -0.2) is 46.6 Å². The molecule has 1 N–H and O–H groups in total. The Morgan fingerprint density at radius 2 is 1.93 bits per heavy atom. The number of hydrogen-bond acceptors (Lipinski definition) is 8. The fourth-order valence-corrected chi connectivity index (χ4v) is 4.40. The Balaban J connectivity index is 1.31. The Morgan fingerprint density at radius 3 is 2.62 bits per heavy atom. The highest BCUT2D eigenvalue weighted by Crippen LogP contribution is 2.45. The summed E-state index contributed by atoms with van der Waals surface area (Å²) in [6.07, 6.45) is 2.63. The Labute approximate surface area is 224 Å². The number of imidazole rings is 1. The van der Waals surface area contributed by atoms with Crippen LogP contribution in [0.4, 0.5) is 17.6 Å². The summed E-state index contributed by atoms with van der Waals surface area (Å²) in [5.41, 5.74) is 0.829. The van der Waals surface area contributed by atoms with Crippen LogP contribution in [0.3, 0.4) is 0 Å². The van der Waals surface area contributed by atoms with E-state index in [0.717, 1.165) is 30.8 Å². The van der Waals surface area contributed by atoms with Gasteiger partial charge in [0.1, 0.15) is 29.8 Å². The van der Waals surface area contributed by atoms with Gasteiger partial charge in [-0.15, -0.1) is 0 Å². The molecule has 0 atom stereocenters. The smallest absolute Gasteiger partial charge is 0.434 e. The number of methoxy groups -OCH3 is 1. The highest BCUT2D eigenvalue weighted by molar-refractivity contribution is 5.83. The number of fused-ring (bicyclic) bond motifs is 1.